The summed E-state index contributed by atoms with van der Waals surface area (Å²) < 4.78 is 5.03. The summed E-state index contributed by atoms with van der Waals surface area (Å²) in [6.45, 7) is 2.41. The molecule has 0 aromatic heterocycles. The van der Waals surface area contributed by atoms with Gasteiger partial charge in [0.2, 0.25) is 0 Å². The van der Waals surface area contributed by atoms with Crippen molar-refractivity contribution in [2.24, 2.45) is 0 Å². The van der Waals surface area contributed by atoms with Crippen LogP contribution in [-0.2, 0) is 11.2 Å². The van der Waals surface area contributed by atoms with Gasteiger partial charge in [-0.1, -0.05) is 24.0 Å². The van der Waals surface area contributed by atoms with Crippen LogP contribution >= 0.6 is 0 Å². The van der Waals surface area contributed by atoms with E-state index in [9.17, 15) is 4.79 Å². The second kappa shape index (κ2) is 6.07. The highest BCUT2D eigenvalue weighted by Gasteiger charge is 2.09. The number of hydrogen-bond donors (Lipinski definition) is 0. The number of ether oxygens (including phenoxy) is 1. The van der Waals surface area contributed by atoms with Crippen LogP contribution in [0.2, 0.25) is 0 Å². The third kappa shape index (κ3) is 2.81. The van der Waals surface area contributed by atoms with Gasteiger partial charge in [0.25, 0.3) is 6.47 Å². The van der Waals surface area contributed by atoms with Crippen LogP contribution in [0.1, 0.15) is 42.9 Å². The molecule has 1 aliphatic carbocycles. The van der Waals surface area contributed by atoms with E-state index in [4.69, 9.17) is 4.74 Å². The first-order valence-corrected chi connectivity index (χ1v) is 6.24. The van der Waals surface area contributed by atoms with Crippen LogP contribution in [0.25, 0.3) is 6.08 Å². The van der Waals surface area contributed by atoms with Gasteiger partial charge in [-0.05, 0) is 43.9 Å². The molecule has 0 amide bonds. The predicted octanol–water partition coefficient (Wildman–Crippen LogP) is 3.33. The van der Waals surface area contributed by atoms with Gasteiger partial charge in [-0.15, -0.1) is 0 Å². The molecule has 2 heteroatoms. The van der Waals surface area contributed by atoms with Crippen molar-refractivity contribution in [2.75, 3.05) is 0 Å². The highest BCUT2D eigenvalue weighted by Crippen LogP contribution is 2.26. The predicted molar refractivity (Wildman–Crippen MR) is 72.3 cm³/mol. The Morgan fingerprint density at radius 3 is 3.00 bits per heavy atom. The van der Waals surface area contributed by atoms with Crippen molar-refractivity contribution in [3.05, 3.63) is 34.9 Å². The van der Waals surface area contributed by atoms with E-state index in [1.807, 2.05) is 25.1 Å². The van der Waals surface area contributed by atoms with Crippen molar-refractivity contribution in [3.63, 3.8) is 0 Å². The lowest BCUT2D eigenvalue weighted by Crippen LogP contribution is -1.99. The molecule has 2 rings (SSSR count). The Bertz CT molecular complexity index is 530. The van der Waals surface area contributed by atoms with Crippen LogP contribution in [-0.4, -0.2) is 6.47 Å². The van der Waals surface area contributed by atoms with Gasteiger partial charge in [0.15, 0.2) is 0 Å². The molecule has 0 saturated heterocycles. The normalized spacial score (nSPS) is 14.1. The van der Waals surface area contributed by atoms with Gasteiger partial charge >= 0.3 is 0 Å². The molecule has 0 saturated carbocycles. The Balaban J connectivity index is 2.51. The van der Waals surface area contributed by atoms with Crippen LogP contribution in [0.4, 0.5) is 0 Å². The number of benzene rings is 1. The molecule has 1 aromatic carbocycles. The van der Waals surface area contributed by atoms with Crippen molar-refractivity contribution >= 4 is 12.5 Å². The van der Waals surface area contributed by atoms with Gasteiger partial charge in [0.1, 0.15) is 5.75 Å². The third-order valence-electron chi connectivity index (χ3n) is 2.98. The second-order valence-corrected chi connectivity index (χ2v) is 4.27. The first-order valence-electron chi connectivity index (χ1n) is 6.24. The summed E-state index contributed by atoms with van der Waals surface area (Å²) in [5, 5.41) is 0. The van der Waals surface area contributed by atoms with Crippen LogP contribution in [0.3, 0.4) is 0 Å². The maximum atomic E-state index is 10.5. The minimum absolute atomic E-state index is 0.463. The van der Waals surface area contributed by atoms with Crippen molar-refractivity contribution in [1.29, 1.82) is 0 Å². The highest BCUT2D eigenvalue weighted by atomic mass is 16.5. The molecule has 0 fully saturated rings. The maximum Gasteiger partial charge on any atom is 0.298 e. The fourth-order valence-electron chi connectivity index (χ4n) is 2.12. The Morgan fingerprint density at radius 2 is 2.22 bits per heavy atom. The van der Waals surface area contributed by atoms with E-state index in [1.54, 1.807) is 0 Å². The number of allylic oxidation sites excluding steroid dienone is 1. The van der Waals surface area contributed by atoms with Crippen molar-refractivity contribution in [3.8, 4) is 17.6 Å². The van der Waals surface area contributed by atoms with Crippen molar-refractivity contribution in [2.45, 2.75) is 32.6 Å². The van der Waals surface area contributed by atoms with E-state index in [2.05, 4.69) is 17.9 Å². The molecule has 18 heavy (non-hydrogen) atoms. The molecule has 0 heterocycles. The van der Waals surface area contributed by atoms with Crippen LogP contribution < -0.4 is 4.74 Å². The van der Waals surface area contributed by atoms with Crippen LogP contribution in [0.15, 0.2) is 18.2 Å². The van der Waals surface area contributed by atoms with Gasteiger partial charge < -0.3 is 4.74 Å². The lowest BCUT2D eigenvalue weighted by Gasteiger charge is -2.11. The Kier molecular flexibility index (Phi) is 4.20. The fourth-order valence-corrected chi connectivity index (χ4v) is 2.12. The zero-order valence-electron chi connectivity index (χ0n) is 10.5. The molecule has 2 nitrogen and oxygen atoms in total. The number of carbonyl (C=O) groups excluding carboxylic acids is 1. The zero-order chi connectivity index (χ0) is 12.8. The average Bonchev–Trinajstić information content (AvgIpc) is 2.34. The molecule has 0 aliphatic heterocycles. The summed E-state index contributed by atoms with van der Waals surface area (Å²) in [7, 11) is 0. The number of aryl methyl sites for hydroxylation is 1. The molecular weight excluding hydrogens is 224 g/mol. The van der Waals surface area contributed by atoms with E-state index in [0.29, 0.717) is 12.2 Å². The summed E-state index contributed by atoms with van der Waals surface area (Å²) in [5.41, 5.74) is 3.17. The zero-order valence-corrected chi connectivity index (χ0v) is 10.5. The molecule has 0 spiro atoms. The van der Waals surface area contributed by atoms with E-state index in [1.165, 1.54) is 5.56 Å². The minimum atomic E-state index is 0.463. The lowest BCUT2D eigenvalue weighted by atomic mass is 9.96. The molecule has 1 aromatic rings. The SMILES string of the molecule is C/C=C\c1cc2c(cc1OC=O)C#CCCCC2. The van der Waals surface area contributed by atoms with E-state index in [-0.39, 0.29) is 0 Å². The van der Waals surface area contributed by atoms with Gasteiger partial charge in [-0.2, -0.15) is 0 Å². The first-order chi connectivity index (χ1) is 8.85. The number of hydrogen-bond acceptors (Lipinski definition) is 2. The second-order valence-electron chi connectivity index (χ2n) is 4.27. The molecule has 0 N–H and O–H groups in total. The van der Waals surface area contributed by atoms with Gasteiger partial charge in [0, 0.05) is 17.5 Å². The molecule has 0 radical (unpaired) electrons. The van der Waals surface area contributed by atoms with Gasteiger partial charge in [-0.25, -0.2) is 0 Å². The molecule has 0 unspecified atom stereocenters. The smallest absolute Gasteiger partial charge is 0.298 e. The molecular formula is C16H16O2. The average molecular weight is 240 g/mol. The van der Waals surface area contributed by atoms with E-state index < -0.39 is 0 Å². The minimum Gasteiger partial charge on any atom is -0.428 e. The van der Waals surface area contributed by atoms with E-state index in [0.717, 1.165) is 36.8 Å². The molecule has 0 bridgehead atoms. The van der Waals surface area contributed by atoms with Crippen molar-refractivity contribution in [1.82, 2.24) is 0 Å². The molecule has 92 valence electrons. The first kappa shape index (κ1) is 12.4. The quantitative estimate of drug-likeness (QED) is 0.598. The van der Waals surface area contributed by atoms with Crippen molar-refractivity contribution < 1.29 is 9.53 Å². The van der Waals surface area contributed by atoms with Gasteiger partial charge in [-0.3, -0.25) is 4.79 Å². The number of rotatable bonds is 3. The summed E-state index contributed by atoms with van der Waals surface area (Å²) >= 11 is 0. The molecule has 1 aliphatic rings. The Morgan fingerprint density at radius 1 is 1.33 bits per heavy atom. The summed E-state index contributed by atoms with van der Waals surface area (Å²) in [5.74, 6) is 6.90. The summed E-state index contributed by atoms with van der Waals surface area (Å²) in [6.07, 6.45) is 8.18. The number of fused-ring (bicyclic) bond motifs is 1. The topological polar surface area (TPSA) is 26.3 Å². The van der Waals surface area contributed by atoms with Crippen LogP contribution in [0.5, 0.6) is 5.75 Å². The Hall–Kier alpha value is -2.01. The lowest BCUT2D eigenvalue weighted by molar-refractivity contribution is -0.120. The Labute approximate surface area is 108 Å². The summed E-state index contributed by atoms with van der Waals surface area (Å²) in [6, 6.07) is 3.95. The third-order valence-corrected chi connectivity index (χ3v) is 2.98. The largest absolute Gasteiger partial charge is 0.428 e. The maximum absolute atomic E-state index is 10.5. The molecule has 0 atom stereocenters. The highest BCUT2D eigenvalue weighted by molar-refractivity contribution is 5.64. The van der Waals surface area contributed by atoms with E-state index >= 15 is 0 Å². The van der Waals surface area contributed by atoms with Crippen LogP contribution in [0, 0.1) is 11.8 Å². The number of carbonyl (C=O) groups is 1. The summed E-state index contributed by atoms with van der Waals surface area (Å²) in [4.78, 5) is 10.5. The van der Waals surface area contributed by atoms with Gasteiger partial charge in [0.05, 0.1) is 0 Å². The standard InChI is InChI=1S/C16H16O2/c1-2-7-15-10-13-8-5-3-4-6-9-14(13)11-16(15)18-12-17/h2,7,10-12H,3-5,8H2,1H3/b7-2-. The monoisotopic (exact) mass is 240 g/mol. The fraction of sp³-hybridized carbons (Fsp3) is 0.312.